The van der Waals surface area contributed by atoms with Gasteiger partial charge in [0.05, 0.1) is 11.5 Å². The van der Waals surface area contributed by atoms with Crippen LogP contribution in [0.2, 0.25) is 0 Å². The molecule has 88 valence electrons. The van der Waals surface area contributed by atoms with Gasteiger partial charge in [-0.2, -0.15) is 0 Å². The fraction of sp³-hybridized carbons (Fsp3) is 1.00. The molecular formula is C10H20N2O2S. The maximum atomic E-state index is 11.3. The van der Waals surface area contributed by atoms with E-state index in [1.807, 2.05) is 0 Å². The van der Waals surface area contributed by atoms with Crippen LogP contribution < -0.4 is 5.73 Å². The zero-order valence-electron chi connectivity index (χ0n) is 9.06. The third-order valence-electron chi connectivity index (χ3n) is 3.58. The Kier molecular flexibility index (Phi) is 3.33. The molecule has 0 aromatic heterocycles. The molecule has 1 heterocycles. The number of nitrogens with zero attached hydrogens (tertiary/aromatic N) is 1. The highest BCUT2D eigenvalue weighted by Gasteiger charge is 2.29. The van der Waals surface area contributed by atoms with Crippen LogP contribution >= 0.6 is 0 Å². The van der Waals surface area contributed by atoms with Gasteiger partial charge in [-0.05, 0) is 19.3 Å². The van der Waals surface area contributed by atoms with Gasteiger partial charge in [-0.15, -0.1) is 0 Å². The van der Waals surface area contributed by atoms with Crippen LogP contribution in [0, 0.1) is 0 Å². The molecule has 2 rings (SSSR count). The zero-order chi connectivity index (χ0) is 10.9. The first-order valence-corrected chi connectivity index (χ1v) is 7.59. The predicted molar refractivity (Wildman–Crippen MR) is 60.5 cm³/mol. The molecule has 4 nitrogen and oxygen atoms in total. The molecule has 2 fully saturated rings. The molecule has 0 spiro atoms. The highest BCUT2D eigenvalue weighted by molar-refractivity contribution is 7.91. The third kappa shape index (κ3) is 2.92. The fourth-order valence-corrected chi connectivity index (χ4v) is 3.85. The smallest absolute Gasteiger partial charge is 0.152 e. The number of rotatable bonds is 1. The second-order valence-electron chi connectivity index (χ2n) is 4.77. The second-order valence-corrected chi connectivity index (χ2v) is 7.07. The topological polar surface area (TPSA) is 63.4 Å². The Bertz CT molecular complexity index is 301. The first-order valence-electron chi connectivity index (χ1n) is 5.77. The molecule has 2 aliphatic rings. The van der Waals surface area contributed by atoms with Crippen molar-refractivity contribution >= 4 is 9.84 Å². The Morgan fingerprint density at radius 2 is 1.80 bits per heavy atom. The molecule has 2 atom stereocenters. The number of hydrogen-bond donors (Lipinski definition) is 1. The molecule has 1 aliphatic heterocycles. The molecule has 0 aromatic carbocycles. The van der Waals surface area contributed by atoms with Crippen molar-refractivity contribution in [2.24, 2.45) is 5.73 Å². The van der Waals surface area contributed by atoms with E-state index in [4.69, 9.17) is 5.73 Å². The Hall–Kier alpha value is -0.130. The summed E-state index contributed by atoms with van der Waals surface area (Å²) in [6.45, 7) is 1.42. The normalized spacial score (nSPS) is 37.7. The van der Waals surface area contributed by atoms with Gasteiger partial charge in [0, 0.05) is 25.2 Å². The van der Waals surface area contributed by atoms with Crippen LogP contribution in [0.15, 0.2) is 0 Å². The molecule has 1 saturated heterocycles. The van der Waals surface area contributed by atoms with Crippen molar-refractivity contribution < 1.29 is 8.42 Å². The van der Waals surface area contributed by atoms with Crippen molar-refractivity contribution in [3.8, 4) is 0 Å². The lowest BCUT2D eigenvalue weighted by molar-refractivity contribution is 0.159. The third-order valence-corrected chi connectivity index (χ3v) is 5.19. The van der Waals surface area contributed by atoms with Crippen LogP contribution in [0.4, 0.5) is 0 Å². The Morgan fingerprint density at radius 1 is 1.13 bits per heavy atom. The van der Waals surface area contributed by atoms with Crippen LogP contribution in [0.3, 0.4) is 0 Å². The van der Waals surface area contributed by atoms with Crippen molar-refractivity contribution in [1.29, 1.82) is 0 Å². The zero-order valence-corrected chi connectivity index (χ0v) is 9.88. The summed E-state index contributed by atoms with van der Waals surface area (Å²) in [6, 6.07) is 0.853. The molecule has 15 heavy (non-hydrogen) atoms. The van der Waals surface area contributed by atoms with Crippen molar-refractivity contribution in [1.82, 2.24) is 4.90 Å². The van der Waals surface area contributed by atoms with E-state index in [-0.39, 0.29) is 0 Å². The molecular weight excluding hydrogens is 212 g/mol. The van der Waals surface area contributed by atoms with Gasteiger partial charge in [0.25, 0.3) is 0 Å². The summed E-state index contributed by atoms with van der Waals surface area (Å²) in [5.74, 6) is 0.664. The summed E-state index contributed by atoms with van der Waals surface area (Å²) in [5, 5.41) is 0. The summed E-state index contributed by atoms with van der Waals surface area (Å²) in [7, 11) is -2.74. The van der Waals surface area contributed by atoms with Crippen LogP contribution in [0.1, 0.15) is 25.7 Å². The first-order chi connectivity index (χ1) is 7.07. The van der Waals surface area contributed by atoms with Gasteiger partial charge in [0.1, 0.15) is 0 Å². The van der Waals surface area contributed by atoms with Crippen LogP contribution in [0.25, 0.3) is 0 Å². The molecule has 0 aromatic rings. The van der Waals surface area contributed by atoms with Crippen LogP contribution in [0.5, 0.6) is 0 Å². The standard InChI is InChI=1S/C10H20N2O2S/c11-9-2-1-3-10(8-9)12-4-6-15(13,14)7-5-12/h9-10H,1-8,11H2. The SMILES string of the molecule is NC1CCCC(N2CCS(=O)(=O)CC2)C1. The Labute approximate surface area is 91.7 Å². The molecule has 5 heteroatoms. The second kappa shape index (κ2) is 4.39. The van der Waals surface area contributed by atoms with Crippen LogP contribution in [-0.4, -0.2) is 50.0 Å². The molecule has 0 radical (unpaired) electrons. The Balaban J connectivity index is 1.90. The number of nitrogens with two attached hydrogens (primary N) is 1. The number of hydrogen-bond acceptors (Lipinski definition) is 4. The van der Waals surface area contributed by atoms with E-state index in [0.717, 1.165) is 12.8 Å². The van der Waals surface area contributed by atoms with Gasteiger partial charge in [-0.3, -0.25) is 4.90 Å². The lowest BCUT2D eigenvalue weighted by Gasteiger charge is -2.38. The van der Waals surface area contributed by atoms with E-state index < -0.39 is 9.84 Å². The van der Waals surface area contributed by atoms with Gasteiger partial charge in [0.15, 0.2) is 9.84 Å². The van der Waals surface area contributed by atoms with Crippen molar-refractivity contribution in [3.63, 3.8) is 0 Å². The largest absolute Gasteiger partial charge is 0.328 e. The summed E-state index contributed by atoms with van der Waals surface area (Å²) in [6.07, 6.45) is 4.55. The van der Waals surface area contributed by atoms with Crippen molar-refractivity contribution in [2.75, 3.05) is 24.6 Å². The van der Waals surface area contributed by atoms with Gasteiger partial charge < -0.3 is 5.73 Å². The summed E-state index contributed by atoms with van der Waals surface area (Å²) >= 11 is 0. The monoisotopic (exact) mass is 232 g/mol. The van der Waals surface area contributed by atoms with Crippen molar-refractivity contribution in [2.45, 2.75) is 37.8 Å². The summed E-state index contributed by atoms with van der Waals surface area (Å²) in [4.78, 5) is 2.32. The molecule has 0 amide bonds. The lowest BCUT2D eigenvalue weighted by atomic mass is 9.90. The first kappa shape index (κ1) is 11.4. The summed E-state index contributed by atoms with van der Waals surface area (Å²) < 4.78 is 22.6. The molecule has 1 saturated carbocycles. The van der Waals surface area contributed by atoms with E-state index in [1.54, 1.807) is 0 Å². The Morgan fingerprint density at radius 3 is 2.40 bits per heavy atom. The average molecular weight is 232 g/mol. The van der Waals surface area contributed by atoms with E-state index in [2.05, 4.69) is 4.90 Å². The predicted octanol–water partition coefficient (Wildman–Crippen LogP) is -0.0133. The van der Waals surface area contributed by atoms with E-state index in [1.165, 1.54) is 12.8 Å². The molecule has 2 unspecified atom stereocenters. The van der Waals surface area contributed by atoms with Crippen LogP contribution in [-0.2, 0) is 9.84 Å². The van der Waals surface area contributed by atoms with Gasteiger partial charge in [-0.25, -0.2) is 8.42 Å². The van der Waals surface area contributed by atoms with Gasteiger partial charge in [0.2, 0.25) is 0 Å². The van der Waals surface area contributed by atoms with Gasteiger partial charge in [-0.1, -0.05) is 6.42 Å². The van der Waals surface area contributed by atoms with Gasteiger partial charge >= 0.3 is 0 Å². The minimum Gasteiger partial charge on any atom is -0.328 e. The lowest BCUT2D eigenvalue weighted by Crippen LogP contribution is -2.49. The molecule has 1 aliphatic carbocycles. The minimum atomic E-state index is -2.74. The molecule has 2 N–H and O–H groups in total. The number of sulfone groups is 1. The molecule has 0 bridgehead atoms. The highest BCUT2D eigenvalue weighted by atomic mass is 32.2. The maximum Gasteiger partial charge on any atom is 0.152 e. The van der Waals surface area contributed by atoms with E-state index in [9.17, 15) is 8.42 Å². The van der Waals surface area contributed by atoms with E-state index in [0.29, 0.717) is 36.7 Å². The van der Waals surface area contributed by atoms with E-state index >= 15 is 0 Å². The fourth-order valence-electron chi connectivity index (χ4n) is 2.62. The maximum absolute atomic E-state index is 11.3. The van der Waals surface area contributed by atoms with Crippen molar-refractivity contribution in [3.05, 3.63) is 0 Å². The summed E-state index contributed by atoms with van der Waals surface area (Å²) in [5.41, 5.74) is 5.94. The minimum absolute atomic E-state index is 0.322. The highest BCUT2D eigenvalue weighted by Crippen LogP contribution is 2.23. The quantitative estimate of drug-likeness (QED) is 0.690. The average Bonchev–Trinajstić information content (AvgIpc) is 2.17.